The van der Waals surface area contributed by atoms with Gasteiger partial charge in [-0.3, -0.25) is 0 Å². The monoisotopic (exact) mass is 143 g/mol. The van der Waals surface area contributed by atoms with E-state index in [4.69, 9.17) is 5.84 Å². The van der Waals surface area contributed by atoms with Gasteiger partial charge in [0, 0.05) is 12.1 Å². The highest BCUT2D eigenvalue weighted by Gasteiger charge is 2.18. The second-order valence-electron chi connectivity index (χ2n) is 4.18. The summed E-state index contributed by atoms with van der Waals surface area (Å²) in [6.45, 7) is 11.3. The molecule has 10 heavy (non-hydrogen) atoms. The van der Waals surface area contributed by atoms with Crippen LogP contribution in [0.4, 0.5) is 0 Å². The molecule has 0 aromatic heterocycles. The maximum atomic E-state index is 7.59. The van der Waals surface area contributed by atoms with E-state index in [0.29, 0.717) is 5.92 Å². The van der Waals surface area contributed by atoms with Crippen molar-refractivity contribution in [2.75, 3.05) is 6.54 Å². The van der Waals surface area contributed by atoms with Crippen LogP contribution < -0.4 is 5.84 Å². The van der Waals surface area contributed by atoms with Crippen molar-refractivity contribution >= 4 is 0 Å². The lowest BCUT2D eigenvalue weighted by Crippen LogP contribution is -2.42. The molecule has 0 aliphatic carbocycles. The van der Waals surface area contributed by atoms with Gasteiger partial charge >= 0.3 is 0 Å². The van der Waals surface area contributed by atoms with Gasteiger partial charge in [-0.05, 0) is 26.7 Å². The van der Waals surface area contributed by atoms with Crippen molar-refractivity contribution in [3.8, 4) is 0 Å². The van der Waals surface area contributed by atoms with Crippen LogP contribution in [0.2, 0.25) is 0 Å². The molecule has 0 aromatic carbocycles. The molecule has 1 radical (unpaired) electrons. The average Bonchev–Trinajstić information content (AvgIpc) is 1.60. The predicted molar refractivity (Wildman–Crippen MR) is 44.4 cm³/mol. The van der Waals surface area contributed by atoms with E-state index in [9.17, 15) is 0 Å². The minimum Gasteiger partial charge on any atom is -0.224 e. The highest BCUT2D eigenvalue weighted by Crippen LogP contribution is 2.10. The molecule has 0 aliphatic rings. The van der Waals surface area contributed by atoms with Gasteiger partial charge in [0.25, 0.3) is 0 Å². The minimum atomic E-state index is -0.00965. The molecule has 0 saturated carbocycles. The zero-order chi connectivity index (χ0) is 8.36. The first-order valence-electron chi connectivity index (χ1n) is 3.83. The Morgan fingerprint density at radius 3 is 1.80 bits per heavy atom. The van der Waals surface area contributed by atoms with Crippen LogP contribution in [0.25, 0.3) is 0 Å². The molecule has 0 atom stereocenters. The van der Waals surface area contributed by atoms with Crippen molar-refractivity contribution in [2.24, 2.45) is 5.92 Å². The van der Waals surface area contributed by atoms with E-state index in [1.54, 1.807) is 5.01 Å². The topological polar surface area (TPSA) is 27.0 Å². The molecular formula is C8H19N2. The SMILES string of the molecule is CC(C)CN([NH])C(C)(C)C. The van der Waals surface area contributed by atoms with E-state index in [-0.39, 0.29) is 5.54 Å². The Morgan fingerprint density at radius 1 is 1.30 bits per heavy atom. The molecule has 0 rings (SSSR count). The summed E-state index contributed by atoms with van der Waals surface area (Å²) in [4.78, 5) is 0. The van der Waals surface area contributed by atoms with Gasteiger partial charge in [0.15, 0.2) is 0 Å². The van der Waals surface area contributed by atoms with Crippen LogP contribution in [-0.2, 0) is 0 Å². The van der Waals surface area contributed by atoms with Crippen molar-refractivity contribution in [1.82, 2.24) is 10.9 Å². The second-order valence-corrected chi connectivity index (χ2v) is 4.18. The van der Waals surface area contributed by atoms with Crippen molar-refractivity contribution in [1.29, 1.82) is 0 Å². The molecule has 0 aliphatic heterocycles. The first kappa shape index (κ1) is 9.92. The Morgan fingerprint density at radius 2 is 1.70 bits per heavy atom. The lowest BCUT2D eigenvalue weighted by molar-refractivity contribution is 0.110. The van der Waals surface area contributed by atoms with Gasteiger partial charge in [-0.2, -0.15) is 5.84 Å². The van der Waals surface area contributed by atoms with E-state index < -0.39 is 0 Å². The summed E-state index contributed by atoms with van der Waals surface area (Å²) in [6, 6.07) is 0. The molecule has 0 fully saturated rings. The summed E-state index contributed by atoms with van der Waals surface area (Å²) in [7, 11) is 0. The standard InChI is InChI=1S/C8H19N2/c1-7(2)6-10(9)8(3,4)5/h7,9H,6H2,1-5H3. The van der Waals surface area contributed by atoms with Gasteiger partial charge in [-0.1, -0.05) is 13.8 Å². The third-order valence-electron chi connectivity index (χ3n) is 1.36. The van der Waals surface area contributed by atoms with Gasteiger partial charge < -0.3 is 0 Å². The lowest BCUT2D eigenvalue weighted by atomic mass is 10.1. The van der Waals surface area contributed by atoms with Gasteiger partial charge in [0.2, 0.25) is 0 Å². The van der Waals surface area contributed by atoms with Crippen LogP contribution in [0.3, 0.4) is 0 Å². The molecule has 0 aromatic rings. The first-order chi connectivity index (χ1) is 4.34. The second kappa shape index (κ2) is 3.35. The molecule has 2 nitrogen and oxygen atoms in total. The summed E-state index contributed by atoms with van der Waals surface area (Å²) in [6.07, 6.45) is 0. The zero-order valence-electron chi connectivity index (χ0n) is 7.73. The summed E-state index contributed by atoms with van der Waals surface area (Å²) in [5.74, 6) is 8.17. The molecule has 0 amide bonds. The van der Waals surface area contributed by atoms with Crippen LogP contribution in [0.1, 0.15) is 34.6 Å². The minimum absolute atomic E-state index is 0.00965. The van der Waals surface area contributed by atoms with Crippen molar-refractivity contribution in [2.45, 2.75) is 40.2 Å². The molecule has 0 heterocycles. The van der Waals surface area contributed by atoms with Gasteiger partial charge in [-0.15, -0.1) is 0 Å². The van der Waals surface area contributed by atoms with E-state index in [1.807, 2.05) is 0 Å². The Kier molecular flexibility index (Phi) is 3.33. The Bertz CT molecular complexity index is 91.9. The van der Waals surface area contributed by atoms with Crippen LogP contribution in [0, 0.1) is 5.92 Å². The maximum Gasteiger partial charge on any atom is 0.0283 e. The summed E-state index contributed by atoms with van der Waals surface area (Å²) < 4.78 is 0. The third kappa shape index (κ3) is 3.85. The number of hydrogen-bond acceptors (Lipinski definition) is 1. The van der Waals surface area contributed by atoms with E-state index in [1.165, 1.54) is 0 Å². The quantitative estimate of drug-likeness (QED) is 0.543. The van der Waals surface area contributed by atoms with Gasteiger partial charge in [0.05, 0.1) is 0 Å². The van der Waals surface area contributed by atoms with Crippen LogP contribution in [0.5, 0.6) is 0 Å². The summed E-state index contributed by atoms with van der Waals surface area (Å²) in [5.41, 5.74) is -0.00965. The van der Waals surface area contributed by atoms with Crippen molar-refractivity contribution in [3.05, 3.63) is 0 Å². The Hall–Kier alpha value is -0.0800. The molecule has 2 heteroatoms. The molecule has 0 spiro atoms. The Labute approximate surface area is 64.4 Å². The summed E-state index contributed by atoms with van der Waals surface area (Å²) in [5, 5.41) is 1.64. The summed E-state index contributed by atoms with van der Waals surface area (Å²) >= 11 is 0. The van der Waals surface area contributed by atoms with Crippen molar-refractivity contribution < 1.29 is 0 Å². The Balaban J connectivity index is 3.73. The first-order valence-corrected chi connectivity index (χ1v) is 3.83. The van der Waals surface area contributed by atoms with Crippen molar-refractivity contribution in [3.63, 3.8) is 0 Å². The fourth-order valence-corrected chi connectivity index (χ4v) is 0.639. The maximum absolute atomic E-state index is 7.59. The number of nitrogens with zero attached hydrogens (tertiary/aromatic N) is 1. The highest BCUT2D eigenvalue weighted by atomic mass is 15.4. The normalized spacial score (nSPS) is 13.2. The van der Waals surface area contributed by atoms with Gasteiger partial charge in [-0.25, -0.2) is 5.01 Å². The molecular weight excluding hydrogens is 124 g/mol. The molecule has 0 saturated heterocycles. The molecule has 0 bridgehead atoms. The largest absolute Gasteiger partial charge is 0.224 e. The molecule has 1 N–H and O–H groups in total. The van der Waals surface area contributed by atoms with E-state index in [0.717, 1.165) is 6.54 Å². The highest BCUT2D eigenvalue weighted by molar-refractivity contribution is 4.71. The smallest absolute Gasteiger partial charge is 0.0283 e. The van der Waals surface area contributed by atoms with Crippen LogP contribution in [-0.4, -0.2) is 17.1 Å². The average molecular weight is 143 g/mol. The third-order valence-corrected chi connectivity index (χ3v) is 1.36. The van der Waals surface area contributed by atoms with Gasteiger partial charge in [0.1, 0.15) is 0 Å². The number of nitrogens with one attached hydrogen (secondary N) is 1. The molecule has 61 valence electrons. The fraction of sp³-hybridized carbons (Fsp3) is 1.00. The predicted octanol–water partition coefficient (Wildman–Crippen LogP) is 1.94. The van der Waals surface area contributed by atoms with Crippen LogP contribution in [0.15, 0.2) is 0 Å². The number of hydrogen-bond donors (Lipinski definition) is 0. The number of rotatable bonds is 2. The van der Waals surface area contributed by atoms with Crippen LogP contribution >= 0.6 is 0 Å². The lowest BCUT2D eigenvalue weighted by Gasteiger charge is -2.31. The fourth-order valence-electron chi connectivity index (χ4n) is 0.639. The molecule has 0 unspecified atom stereocenters. The zero-order valence-corrected chi connectivity index (χ0v) is 7.73. The van der Waals surface area contributed by atoms with E-state index >= 15 is 0 Å². The van der Waals surface area contributed by atoms with E-state index in [2.05, 4.69) is 34.6 Å².